The quantitative estimate of drug-likeness (QED) is 0.646. The summed E-state index contributed by atoms with van der Waals surface area (Å²) < 4.78 is 16.2. The summed E-state index contributed by atoms with van der Waals surface area (Å²) in [6.07, 6.45) is 4.26. The largest absolute Gasteiger partial charge is 0.396 e. The van der Waals surface area contributed by atoms with Crippen LogP contribution < -0.4 is 0 Å². The van der Waals surface area contributed by atoms with Gasteiger partial charge in [-0.25, -0.2) is 9.37 Å². The van der Waals surface area contributed by atoms with Crippen LogP contribution in [0.2, 0.25) is 0 Å². The van der Waals surface area contributed by atoms with Gasteiger partial charge < -0.3 is 14.8 Å². The van der Waals surface area contributed by atoms with Gasteiger partial charge in [0, 0.05) is 31.1 Å². The second-order valence-corrected chi connectivity index (χ2v) is 6.68. The molecule has 5 heteroatoms. The van der Waals surface area contributed by atoms with Gasteiger partial charge in [-0.1, -0.05) is 30.0 Å². The molecular formula is C23H23FN2O2. The highest BCUT2D eigenvalue weighted by atomic mass is 19.1. The Kier molecular flexibility index (Phi) is 6.59. The predicted octanol–water partition coefficient (Wildman–Crippen LogP) is 3.45. The smallest absolute Gasteiger partial charge is 0.139 e. The lowest BCUT2D eigenvalue weighted by Gasteiger charge is -2.10. The predicted molar refractivity (Wildman–Crippen MR) is 106 cm³/mol. The molecule has 2 N–H and O–H groups in total. The molecule has 2 aromatic carbocycles. The van der Waals surface area contributed by atoms with Crippen molar-refractivity contribution in [1.29, 1.82) is 0 Å². The summed E-state index contributed by atoms with van der Waals surface area (Å²) in [5.41, 5.74) is 3.08. The maximum absolute atomic E-state index is 14.4. The van der Waals surface area contributed by atoms with E-state index in [0.717, 1.165) is 29.5 Å². The lowest BCUT2D eigenvalue weighted by Crippen LogP contribution is -2.07. The minimum Gasteiger partial charge on any atom is -0.396 e. The Labute approximate surface area is 164 Å². The third kappa shape index (κ3) is 5.07. The second-order valence-electron chi connectivity index (χ2n) is 6.68. The highest BCUT2D eigenvalue weighted by Crippen LogP contribution is 2.15. The summed E-state index contributed by atoms with van der Waals surface area (Å²) in [6.45, 7) is 2.26. The van der Waals surface area contributed by atoms with Crippen LogP contribution in [0.3, 0.4) is 0 Å². The van der Waals surface area contributed by atoms with Crippen LogP contribution in [-0.2, 0) is 13.0 Å². The zero-order chi connectivity index (χ0) is 19.9. The van der Waals surface area contributed by atoms with Crippen LogP contribution in [-0.4, -0.2) is 26.4 Å². The van der Waals surface area contributed by atoms with Crippen LogP contribution in [0.25, 0.3) is 0 Å². The molecule has 0 aliphatic carbocycles. The molecule has 3 rings (SSSR count). The van der Waals surface area contributed by atoms with Gasteiger partial charge in [-0.15, -0.1) is 0 Å². The van der Waals surface area contributed by atoms with Crippen molar-refractivity contribution in [2.45, 2.75) is 32.4 Å². The fourth-order valence-corrected chi connectivity index (χ4v) is 2.95. The molecule has 0 saturated carbocycles. The molecule has 0 bridgehead atoms. The fraction of sp³-hybridized carbons (Fsp3) is 0.261. The van der Waals surface area contributed by atoms with Crippen LogP contribution in [0.1, 0.15) is 47.5 Å². The van der Waals surface area contributed by atoms with Crippen molar-refractivity contribution in [3.63, 3.8) is 0 Å². The molecule has 4 nitrogen and oxygen atoms in total. The Morgan fingerprint density at radius 3 is 2.54 bits per heavy atom. The van der Waals surface area contributed by atoms with E-state index < -0.39 is 6.10 Å². The standard InChI is InChI=1S/C23H23FN2O2/c1-17(28)23-25-12-13-26(23)16-20-9-11-21(22(24)15-20)10-8-19-6-4-18(5-7-19)3-2-14-27/h4-7,9,11-13,15,17,27-28H,2-3,14,16H2,1H3. The Bertz CT molecular complexity index is 982. The first-order chi connectivity index (χ1) is 13.6. The Hall–Kier alpha value is -2.94. The average molecular weight is 378 g/mol. The average Bonchev–Trinajstić information content (AvgIpc) is 3.15. The number of hydrogen-bond donors (Lipinski definition) is 2. The van der Waals surface area contributed by atoms with Crippen molar-refractivity contribution < 1.29 is 14.6 Å². The Morgan fingerprint density at radius 2 is 1.86 bits per heavy atom. The van der Waals surface area contributed by atoms with Gasteiger partial charge in [0.15, 0.2) is 0 Å². The normalized spacial score (nSPS) is 11.7. The van der Waals surface area contributed by atoms with Gasteiger partial charge >= 0.3 is 0 Å². The topological polar surface area (TPSA) is 58.3 Å². The molecule has 1 atom stereocenters. The molecule has 0 saturated heterocycles. The number of aliphatic hydroxyl groups excluding tert-OH is 2. The molecule has 0 radical (unpaired) electrons. The van der Waals surface area contributed by atoms with Crippen LogP contribution in [0, 0.1) is 17.7 Å². The number of aliphatic hydroxyl groups is 2. The van der Waals surface area contributed by atoms with Crippen molar-refractivity contribution in [3.8, 4) is 11.8 Å². The molecule has 0 aliphatic heterocycles. The summed E-state index contributed by atoms with van der Waals surface area (Å²) in [4.78, 5) is 4.12. The van der Waals surface area contributed by atoms with Crippen LogP contribution in [0.5, 0.6) is 0 Å². The van der Waals surface area contributed by atoms with Crippen molar-refractivity contribution in [3.05, 3.63) is 88.8 Å². The molecule has 144 valence electrons. The molecule has 1 aromatic heterocycles. The van der Waals surface area contributed by atoms with E-state index in [1.807, 2.05) is 30.3 Å². The van der Waals surface area contributed by atoms with E-state index in [-0.39, 0.29) is 12.4 Å². The van der Waals surface area contributed by atoms with Crippen molar-refractivity contribution >= 4 is 0 Å². The molecular weight excluding hydrogens is 355 g/mol. The fourth-order valence-electron chi connectivity index (χ4n) is 2.95. The number of aryl methyl sites for hydroxylation is 1. The third-order valence-corrected chi connectivity index (χ3v) is 4.43. The molecule has 3 aromatic rings. The first-order valence-corrected chi connectivity index (χ1v) is 9.26. The minimum absolute atomic E-state index is 0.179. The molecule has 0 spiro atoms. The highest BCUT2D eigenvalue weighted by Gasteiger charge is 2.10. The van der Waals surface area contributed by atoms with E-state index in [1.165, 1.54) is 6.07 Å². The number of halogens is 1. The zero-order valence-corrected chi connectivity index (χ0v) is 15.8. The number of hydrogen-bond acceptors (Lipinski definition) is 3. The number of nitrogens with zero attached hydrogens (tertiary/aromatic N) is 2. The minimum atomic E-state index is -0.681. The van der Waals surface area contributed by atoms with Crippen molar-refractivity contribution in [2.75, 3.05) is 6.61 Å². The van der Waals surface area contributed by atoms with E-state index in [9.17, 15) is 9.50 Å². The third-order valence-electron chi connectivity index (χ3n) is 4.43. The Morgan fingerprint density at radius 1 is 1.11 bits per heavy atom. The van der Waals surface area contributed by atoms with Crippen LogP contribution in [0.4, 0.5) is 4.39 Å². The summed E-state index contributed by atoms with van der Waals surface area (Å²) in [6, 6.07) is 12.7. The van der Waals surface area contributed by atoms with Gasteiger partial charge in [0.1, 0.15) is 17.7 Å². The van der Waals surface area contributed by atoms with E-state index in [2.05, 4.69) is 16.8 Å². The molecule has 0 fully saturated rings. The number of benzene rings is 2. The Balaban J connectivity index is 1.71. The van der Waals surface area contributed by atoms with Crippen LogP contribution >= 0.6 is 0 Å². The number of rotatable bonds is 6. The van der Waals surface area contributed by atoms with Gasteiger partial charge in [0.2, 0.25) is 0 Å². The summed E-state index contributed by atoms with van der Waals surface area (Å²) >= 11 is 0. The van der Waals surface area contributed by atoms with Crippen molar-refractivity contribution in [2.24, 2.45) is 0 Å². The highest BCUT2D eigenvalue weighted by molar-refractivity contribution is 5.44. The maximum Gasteiger partial charge on any atom is 0.139 e. The van der Waals surface area contributed by atoms with E-state index in [1.54, 1.807) is 30.0 Å². The van der Waals surface area contributed by atoms with Gasteiger partial charge in [-0.2, -0.15) is 0 Å². The van der Waals surface area contributed by atoms with E-state index in [4.69, 9.17) is 5.11 Å². The first kappa shape index (κ1) is 19.8. The SMILES string of the molecule is CC(O)c1nccn1Cc1ccc(C#Cc2ccc(CCCO)cc2)c(F)c1. The van der Waals surface area contributed by atoms with Gasteiger partial charge in [0.25, 0.3) is 0 Å². The second kappa shape index (κ2) is 9.32. The van der Waals surface area contributed by atoms with Crippen molar-refractivity contribution in [1.82, 2.24) is 9.55 Å². The first-order valence-electron chi connectivity index (χ1n) is 9.26. The maximum atomic E-state index is 14.4. The molecule has 28 heavy (non-hydrogen) atoms. The van der Waals surface area contributed by atoms with Gasteiger partial charge in [-0.05, 0) is 55.2 Å². The van der Waals surface area contributed by atoms with Crippen LogP contribution in [0.15, 0.2) is 54.9 Å². The van der Waals surface area contributed by atoms with Gasteiger partial charge in [0.05, 0.1) is 5.56 Å². The summed E-state index contributed by atoms with van der Waals surface area (Å²) in [5, 5.41) is 18.6. The lowest BCUT2D eigenvalue weighted by atomic mass is 10.1. The summed E-state index contributed by atoms with van der Waals surface area (Å²) in [5.74, 6) is 6.05. The molecule has 0 aliphatic rings. The van der Waals surface area contributed by atoms with E-state index in [0.29, 0.717) is 17.9 Å². The van der Waals surface area contributed by atoms with Gasteiger partial charge in [-0.3, -0.25) is 0 Å². The molecule has 1 heterocycles. The lowest BCUT2D eigenvalue weighted by molar-refractivity contribution is 0.184. The number of imidazole rings is 1. The molecule has 0 amide bonds. The van der Waals surface area contributed by atoms with E-state index >= 15 is 0 Å². The summed E-state index contributed by atoms with van der Waals surface area (Å²) in [7, 11) is 0. The monoisotopic (exact) mass is 378 g/mol. The molecule has 1 unspecified atom stereocenters. The zero-order valence-electron chi connectivity index (χ0n) is 15.8. The number of aromatic nitrogens is 2.